The zero-order valence-corrected chi connectivity index (χ0v) is 14.7. The second-order valence-corrected chi connectivity index (χ2v) is 5.78. The summed E-state index contributed by atoms with van der Waals surface area (Å²) in [6.45, 7) is 1.63. The van der Waals surface area contributed by atoms with E-state index in [1.807, 2.05) is 4.90 Å². The van der Waals surface area contributed by atoms with Crippen molar-refractivity contribution in [2.45, 2.75) is 25.9 Å². The number of halogens is 3. The van der Waals surface area contributed by atoms with Gasteiger partial charge in [-0.2, -0.15) is 13.2 Å². The highest BCUT2D eigenvalue weighted by molar-refractivity contribution is 5.86. The number of ether oxygens (including phenoxy) is 1. The van der Waals surface area contributed by atoms with Crippen LogP contribution in [0.5, 0.6) is 0 Å². The predicted molar refractivity (Wildman–Crippen MR) is 86.0 cm³/mol. The van der Waals surface area contributed by atoms with E-state index in [1.165, 1.54) is 7.05 Å². The lowest BCUT2D eigenvalue weighted by atomic mass is 9.97. The molecule has 25 heavy (non-hydrogen) atoms. The molecule has 0 saturated carbocycles. The average Bonchev–Trinajstić information content (AvgIpc) is 2.54. The first-order valence-electron chi connectivity index (χ1n) is 8.10. The summed E-state index contributed by atoms with van der Waals surface area (Å²) in [6, 6.07) is 0. The van der Waals surface area contributed by atoms with E-state index >= 15 is 0 Å². The molecule has 1 saturated heterocycles. The number of aliphatic imine (C=N–C) groups is 1. The SMILES string of the molecule is CCOC(=O)C1CCN(C(=NC)NCC(=O)N(C)CC(F)(F)F)CC1. The molecule has 1 heterocycles. The van der Waals surface area contributed by atoms with Gasteiger partial charge >= 0.3 is 12.1 Å². The smallest absolute Gasteiger partial charge is 0.406 e. The van der Waals surface area contributed by atoms with Crippen molar-refractivity contribution in [1.29, 1.82) is 0 Å². The zero-order chi connectivity index (χ0) is 19.0. The van der Waals surface area contributed by atoms with Crippen LogP contribution in [0.3, 0.4) is 0 Å². The van der Waals surface area contributed by atoms with Gasteiger partial charge in [0.25, 0.3) is 0 Å². The highest BCUT2D eigenvalue weighted by Gasteiger charge is 2.31. The number of carbonyl (C=O) groups excluding carboxylic acids is 2. The van der Waals surface area contributed by atoms with E-state index in [4.69, 9.17) is 4.74 Å². The summed E-state index contributed by atoms with van der Waals surface area (Å²) < 4.78 is 41.9. The number of nitrogens with one attached hydrogen (secondary N) is 1. The summed E-state index contributed by atoms with van der Waals surface area (Å²) in [6.07, 6.45) is -3.23. The Morgan fingerprint density at radius 1 is 1.32 bits per heavy atom. The first kappa shape index (κ1) is 21.0. The minimum atomic E-state index is -4.43. The number of hydrogen-bond acceptors (Lipinski definition) is 4. The quantitative estimate of drug-likeness (QED) is 0.444. The molecule has 1 aliphatic heterocycles. The number of nitrogens with zero attached hydrogens (tertiary/aromatic N) is 3. The largest absolute Gasteiger partial charge is 0.466 e. The summed E-state index contributed by atoms with van der Waals surface area (Å²) in [5.41, 5.74) is 0. The van der Waals surface area contributed by atoms with E-state index in [1.54, 1.807) is 6.92 Å². The molecule has 0 aromatic rings. The van der Waals surface area contributed by atoms with Crippen LogP contribution in [0.1, 0.15) is 19.8 Å². The molecule has 0 spiro atoms. The van der Waals surface area contributed by atoms with E-state index in [2.05, 4.69) is 10.3 Å². The number of rotatable bonds is 5. The minimum Gasteiger partial charge on any atom is -0.466 e. The standard InChI is InChI=1S/C15H25F3N4O3/c1-4-25-13(24)11-5-7-22(8-6-11)14(19-2)20-9-12(23)21(3)10-15(16,17)18/h11H,4-10H2,1-3H3,(H,19,20). The van der Waals surface area contributed by atoms with Crippen molar-refractivity contribution in [3.63, 3.8) is 0 Å². The fraction of sp³-hybridized carbons (Fsp3) is 0.800. The van der Waals surface area contributed by atoms with E-state index in [0.717, 1.165) is 7.05 Å². The topological polar surface area (TPSA) is 74.2 Å². The third-order valence-electron chi connectivity index (χ3n) is 3.87. The molecule has 0 aliphatic carbocycles. The van der Waals surface area contributed by atoms with Gasteiger partial charge in [0.1, 0.15) is 6.54 Å². The van der Waals surface area contributed by atoms with Crippen molar-refractivity contribution in [3.05, 3.63) is 0 Å². The van der Waals surface area contributed by atoms with Crippen LogP contribution in [0.4, 0.5) is 13.2 Å². The molecule has 0 bridgehead atoms. The average molecular weight is 366 g/mol. The van der Waals surface area contributed by atoms with Crippen molar-refractivity contribution >= 4 is 17.8 Å². The lowest BCUT2D eigenvalue weighted by molar-refractivity contribution is -0.157. The van der Waals surface area contributed by atoms with Crippen LogP contribution in [0.25, 0.3) is 0 Å². The fourth-order valence-corrected chi connectivity index (χ4v) is 2.57. The first-order valence-corrected chi connectivity index (χ1v) is 8.10. The lowest BCUT2D eigenvalue weighted by Gasteiger charge is -2.33. The number of guanidine groups is 1. The Labute approximate surface area is 145 Å². The van der Waals surface area contributed by atoms with Gasteiger partial charge in [-0.3, -0.25) is 14.6 Å². The summed E-state index contributed by atoms with van der Waals surface area (Å²) in [4.78, 5) is 30.0. The van der Waals surface area contributed by atoms with Crippen LogP contribution >= 0.6 is 0 Å². The lowest BCUT2D eigenvalue weighted by Crippen LogP contribution is -2.49. The number of carbonyl (C=O) groups is 2. The van der Waals surface area contributed by atoms with Crippen molar-refractivity contribution in [1.82, 2.24) is 15.1 Å². The van der Waals surface area contributed by atoms with E-state index in [-0.39, 0.29) is 18.4 Å². The zero-order valence-electron chi connectivity index (χ0n) is 14.7. The number of likely N-dealkylation sites (tertiary alicyclic amines) is 1. The van der Waals surface area contributed by atoms with E-state index < -0.39 is 18.6 Å². The Hall–Kier alpha value is -2.00. The number of esters is 1. The molecule has 144 valence electrons. The van der Waals surface area contributed by atoms with Crippen molar-refractivity contribution < 1.29 is 27.5 Å². The summed E-state index contributed by atoms with van der Waals surface area (Å²) in [5.74, 6) is -0.626. The van der Waals surface area contributed by atoms with Gasteiger partial charge in [0.2, 0.25) is 5.91 Å². The molecule has 1 N–H and O–H groups in total. The first-order chi connectivity index (χ1) is 11.7. The van der Waals surface area contributed by atoms with E-state index in [0.29, 0.717) is 43.4 Å². The fourth-order valence-electron chi connectivity index (χ4n) is 2.57. The maximum absolute atomic E-state index is 12.3. The second-order valence-electron chi connectivity index (χ2n) is 5.78. The Morgan fingerprint density at radius 3 is 2.40 bits per heavy atom. The van der Waals surface area contributed by atoms with Gasteiger partial charge in [-0.05, 0) is 19.8 Å². The van der Waals surface area contributed by atoms with Crippen molar-refractivity contribution in [2.24, 2.45) is 10.9 Å². The number of piperidine rings is 1. The number of hydrogen-bond donors (Lipinski definition) is 1. The number of amides is 1. The maximum Gasteiger partial charge on any atom is 0.406 e. The van der Waals surface area contributed by atoms with Crippen LogP contribution in [-0.2, 0) is 14.3 Å². The molecule has 1 amide bonds. The number of alkyl halides is 3. The Kier molecular flexibility index (Phi) is 7.98. The molecule has 0 aromatic carbocycles. The molecule has 0 radical (unpaired) electrons. The van der Waals surface area contributed by atoms with Crippen LogP contribution < -0.4 is 5.32 Å². The van der Waals surface area contributed by atoms with Crippen LogP contribution in [0, 0.1) is 5.92 Å². The molecular weight excluding hydrogens is 341 g/mol. The maximum atomic E-state index is 12.3. The third kappa shape index (κ3) is 7.18. The molecule has 1 aliphatic rings. The highest BCUT2D eigenvalue weighted by atomic mass is 19.4. The summed E-state index contributed by atoms with van der Waals surface area (Å²) >= 11 is 0. The summed E-state index contributed by atoms with van der Waals surface area (Å²) in [5, 5.41) is 2.78. The van der Waals surface area contributed by atoms with Gasteiger partial charge in [-0.1, -0.05) is 0 Å². The Morgan fingerprint density at radius 2 is 1.92 bits per heavy atom. The molecule has 1 rings (SSSR count). The van der Waals surface area contributed by atoms with Crippen LogP contribution in [0.2, 0.25) is 0 Å². The molecule has 0 atom stereocenters. The van der Waals surface area contributed by atoms with Gasteiger partial charge in [-0.15, -0.1) is 0 Å². The Bertz CT molecular complexity index is 489. The van der Waals surface area contributed by atoms with Crippen molar-refractivity contribution in [3.8, 4) is 0 Å². The molecule has 1 fully saturated rings. The Balaban J connectivity index is 2.45. The van der Waals surface area contributed by atoms with Gasteiger partial charge in [0.15, 0.2) is 5.96 Å². The predicted octanol–water partition coefficient (Wildman–Crippen LogP) is 0.858. The minimum absolute atomic E-state index is 0.158. The van der Waals surface area contributed by atoms with E-state index in [9.17, 15) is 22.8 Å². The normalized spacial score (nSPS) is 16.6. The molecule has 10 heteroatoms. The molecule has 7 nitrogen and oxygen atoms in total. The highest BCUT2D eigenvalue weighted by Crippen LogP contribution is 2.19. The van der Waals surface area contributed by atoms with Crippen molar-refractivity contribution in [2.75, 3.05) is 46.9 Å². The van der Waals surface area contributed by atoms with Gasteiger partial charge < -0.3 is 19.9 Å². The van der Waals surface area contributed by atoms with Crippen LogP contribution in [0.15, 0.2) is 4.99 Å². The number of likely N-dealkylation sites (N-methyl/N-ethyl adjacent to an activating group) is 1. The second kappa shape index (κ2) is 9.47. The summed E-state index contributed by atoms with van der Waals surface area (Å²) in [7, 11) is 2.63. The molecular formula is C15H25F3N4O3. The van der Waals surface area contributed by atoms with Gasteiger partial charge in [0, 0.05) is 27.2 Å². The van der Waals surface area contributed by atoms with Crippen LogP contribution in [-0.4, -0.2) is 80.7 Å². The third-order valence-corrected chi connectivity index (χ3v) is 3.87. The van der Waals surface area contributed by atoms with Gasteiger partial charge in [0.05, 0.1) is 19.1 Å². The molecule has 0 unspecified atom stereocenters. The molecule has 0 aromatic heterocycles. The monoisotopic (exact) mass is 366 g/mol. The van der Waals surface area contributed by atoms with Gasteiger partial charge in [-0.25, -0.2) is 0 Å².